The van der Waals surface area contributed by atoms with Crippen molar-refractivity contribution in [2.75, 3.05) is 10.6 Å². The van der Waals surface area contributed by atoms with Crippen LogP contribution < -0.4 is 5.32 Å². The van der Waals surface area contributed by atoms with Crippen molar-refractivity contribution in [2.24, 2.45) is 0 Å². The SMILES string of the molecule is O=C(CBr)Nc1ccc(Cl)cc1C(=O)c1ccc(F)cc1. The fourth-order valence-electron chi connectivity index (χ4n) is 1.75. The summed E-state index contributed by atoms with van der Waals surface area (Å²) in [7, 11) is 0. The van der Waals surface area contributed by atoms with Crippen LogP contribution in [-0.4, -0.2) is 17.0 Å². The predicted molar refractivity (Wildman–Crippen MR) is 83.7 cm³/mol. The maximum atomic E-state index is 12.9. The maximum Gasteiger partial charge on any atom is 0.235 e. The molecule has 0 saturated heterocycles. The highest BCUT2D eigenvalue weighted by Crippen LogP contribution is 2.24. The molecule has 108 valence electrons. The molecule has 0 heterocycles. The molecule has 2 aromatic carbocycles. The highest BCUT2D eigenvalue weighted by Gasteiger charge is 2.16. The third kappa shape index (κ3) is 3.89. The summed E-state index contributed by atoms with van der Waals surface area (Å²) in [4.78, 5) is 23.9. The first kappa shape index (κ1) is 15.7. The van der Waals surface area contributed by atoms with Crippen LogP contribution in [0.4, 0.5) is 10.1 Å². The number of ketones is 1. The van der Waals surface area contributed by atoms with Gasteiger partial charge in [-0.3, -0.25) is 9.59 Å². The maximum absolute atomic E-state index is 12.9. The molecule has 0 radical (unpaired) electrons. The van der Waals surface area contributed by atoms with Crippen LogP contribution in [0, 0.1) is 5.82 Å². The second kappa shape index (κ2) is 6.83. The van der Waals surface area contributed by atoms with E-state index in [9.17, 15) is 14.0 Å². The number of carbonyl (C=O) groups excluding carboxylic acids is 2. The second-order valence-electron chi connectivity index (χ2n) is 4.21. The van der Waals surface area contributed by atoms with Gasteiger partial charge < -0.3 is 5.32 Å². The number of anilines is 1. The van der Waals surface area contributed by atoms with E-state index in [1.807, 2.05) is 0 Å². The Hall–Kier alpha value is -1.72. The third-order valence-electron chi connectivity index (χ3n) is 2.73. The lowest BCUT2D eigenvalue weighted by molar-refractivity contribution is -0.113. The van der Waals surface area contributed by atoms with Gasteiger partial charge >= 0.3 is 0 Å². The van der Waals surface area contributed by atoms with E-state index in [0.29, 0.717) is 16.3 Å². The predicted octanol–water partition coefficient (Wildman–Crippen LogP) is 4.04. The van der Waals surface area contributed by atoms with Crippen LogP contribution >= 0.6 is 27.5 Å². The van der Waals surface area contributed by atoms with Crippen molar-refractivity contribution in [3.8, 4) is 0 Å². The highest BCUT2D eigenvalue weighted by molar-refractivity contribution is 9.09. The van der Waals surface area contributed by atoms with Gasteiger partial charge in [0.15, 0.2) is 5.78 Å². The lowest BCUT2D eigenvalue weighted by Gasteiger charge is -2.10. The molecule has 1 N–H and O–H groups in total. The first-order chi connectivity index (χ1) is 10.0. The first-order valence-corrected chi connectivity index (χ1v) is 7.47. The Morgan fingerprint density at radius 3 is 2.43 bits per heavy atom. The van der Waals surface area contributed by atoms with Crippen LogP contribution in [0.3, 0.4) is 0 Å². The molecule has 0 fully saturated rings. The number of hydrogen-bond donors (Lipinski definition) is 1. The summed E-state index contributed by atoms with van der Waals surface area (Å²) < 4.78 is 12.9. The van der Waals surface area contributed by atoms with E-state index in [2.05, 4.69) is 21.2 Å². The Morgan fingerprint density at radius 2 is 1.81 bits per heavy atom. The number of hydrogen-bond acceptors (Lipinski definition) is 2. The molecule has 0 aliphatic heterocycles. The smallest absolute Gasteiger partial charge is 0.235 e. The number of rotatable bonds is 4. The van der Waals surface area contributed by atoms with E-state index in [-0.39, 0.29) is 22.6 Å². The van der Waals surface area contributed by atoms with E-state index in [1.165, 1.54) is 30.3 Å². The van der Waals surface area contributed by atoms with Gasteiger partial charge in [0.2, 0.25) is 5.91 Å². The van der Waals surface area contributed by atoms with Crippen LogP contribution in [0.2, 0.25) is 5.02 Å². The third-order valence-corrected chi connectivity index (χ3v) is 3.47. The normalized spacial score (nSPS) is 10.2. The molecule has 0 saturated carbocycles. The van der Waals surface area contributed by atoms with Gasteiger partial charge in [-0.1, -0.05) is 27.5 Å². The zero-order valence-corrected chi connectivity index (χ0v) is 13.0. The molecule has 2 rings (SSSR count). The van der Waals surface area contributed by atoms with Gasteiger partial charge in [-0.05, 0) is 42.5 Å². The molecule has 1 amide bonds. The summed E-state index contributed by atoms with van der Waals surface area (Å²) >= 11 is 8.95. The molecule has 0 bridgehead atoms. The fourth-order valence-corrected chi connectivity index (χ4v) is 2.07. The zero-order valence-electron chi connectivity index (χ0n) is 10.7. The first-order valence-electron chi connectivity index (χ1n) is 5.97. The number of benzene rings is 2. The number of halogens is 3. The number of carbonyl (C=O) groups is 2. The van der Waals surface area contributed by atoms with Gasteiger partial charge in [-0.25, -0.2) is 4.39 Å². The minimum absolute atomic E-state index is 0.111. The Bertz CT molecular complexity index is 689. The lowest BCUT2D eigenvalue weighted by Crippen LogP contribution is -2.15. The van der Waals surface area contributed by atoms with Gasteiger partial charge in [-0.15, -0.1) is 0 Å². The van der Waals surface area contributed by atoms with E-state index < -0.39 is 5.82 Å². The monoisotopic (exact) mass is 369 g/mol. The molecule has 21 heavy (non-hydrogen) atoms. The van der Waals surface area contributed by atoms with Gasteiger partial charge in [0.05, 0.1) is 11.0 Å². The van der Waals surface area contributed by atoms with Crippen LogP contribution in [0.15, 0.2) is 42.5 Å². The quantitative estimate of drug-likeness (QED) is 0.652. The van der Waals surface area contributed by atoms with E-state index in [4.69, 9.17) is 11.6 Å². The Labute approximate surface area is 134 Å². The van der Waals surface area contributed by atoms with Crippen molar-refractivity contribution in [3.63, 3.8) is 0 Å². The van der Waals surface area contributed by atoms with Crippen molar-refractivity contribution in [1.82, 2.24) is 0 Å². The molecule has 3 nitrogen and oxygen atoms in total. The Morgan fingerprint density at radius 1 is 1.14 bits per heavy atom. The van der Waals surface area contributed by atoms with Crippen LogP contribution in [-0.2, 0) is 4.79 Å². The summed E-state index contributed by atoms with van der Waals surface area (Å²) in [6, 6.07) is 9.77. The van der Waals surface area contributed by atoms with E-state index in [1.54, 1.807) is 12.1 Å². The summed E-state index contributed by atoms with van der Waals surface area (Å²) in [5.41, 5.74) is 0.926. The van der Waals surface area contributed by atoms with Gasteiger partial charge in [0.1, 0.15) is 5.82 Å². The van der Waals surface area contributed by atoms with Crippen LogP contribution in [0.1, 0.15) is 15.9 Å². The van der Waals surface area contributed by atoms with Crippen molar-refractivity contribution in [3.05, 3.63) is 64.4 Å². The van der Waals surface area contributed by atoms with Gasteiger partial charge in [-0.2, -0.15) is 0 Å². The lowest BCUT2D eigenvalue weighted by atomic mass is 10.0. The minimum atomic E-state index is -0.426. The molecule has 2 aromatic rings. The van der Waals surface area contributed by atoms with Crippen molar-refractivity contribution < 1.29 is 14.0 Å². The van der Waals surface area contributed by atoms with Crippen molar-refractivity contribution in [1.29, 1.82) is 0 Å². The Balaban J connectivity index is 2.41. The molecular formula is C15H10BrClFNO2. The van der Waals surface area contributed by atoms with E-state index in [0.717, 1.165) is 0 Å². The van der Waals surface area contributed by atoms with E-state index >= 15 is 0 Å². The summed E-state index contributed by atoms with van der Waals surface area (Å²) in [6.07, 6.45) is 0. The molecule has 0 atom stereocenters. The Kier molecular flexibility index (Phi) is 5.09. The topological polar surface area (TPSA) is 46.2 Å². The average molecular weight is 371 g/mol. The van der Waals surface area contributed by atoms with Gasteiger partial charge in [0, 0.05) is 16.1 Å². The summed E-state index contributed by atoms with van der Waals surface area (Å²) in [5, 5.41) is 3.09. The average Bonchev–Trinajstić information content (AvgIpc) is 2.49. The molecule has 0 spiro atoms. The van der Waals surface area contributed by atoms with Crippen molar-refractivity contribution in [2.45, 2.75) is 0 Å². The molecular weight excluding hydrogens is 361 g/mol. The summed E-state index contributed by atoms with van der Waals surface area (Å²) in [5.74, 6) is -1.06. The molecule has 0 aromatic heterocycles. The number of amides is 1. The fraction of sp³-hybridized carbons (Fsp3) is 0.0667. The van der Waals surface area contributed by atoms with Gasteiger partial charge in [0.25, 0.3) is 0 Å². The molecule has 0 aliphatic carbocycles. The molecule has 6 heteroatoms. The zero-order chi connectivity index (χ0) is 15.4. The number of alkyl halides is 1. The van der Waals surface area contributed by atoms with Crippen molar-refractivity contribution >= 4 is 44.9 Å². The molecule has 0 aliphatic rings. The van der Waals surface area contributed by atoms with Crippen LogP contribution in [0.25, 0.3) is 0 Å². The minimum Gasteiger partial charge on any atom is -0.325 e. The highest BCUT2D eigenvalue weighted by atomic mass is 79.9. The molecule has 0 unspecified atom stereocenters. The largest absolute Gasteiger partial charge is 0.325 e. The number of nitrogens with one attached hydrogen (secondary N) is 1. The second-order valence-corrected chi connectivity index (χ2v) is 5.20. The standard InChI is InChI=1S/C15H10BrClFNO2/c16-8-14(20)19-13-6-3-10(17)7-12(13)15(21)9-1-4-11(18)5-2-9/h1-7H,8H2,(H,19,20). The van der Waals surface area contributed by atoms with Crippen LogP contribution in [0.5, 0.6) is 0 Å². The summed E-state index contributed by atoms with van der Waals surface area (Å²) in [6.45, 7) is 0.